The average molecular weight is 264 g/mol. The fourth-order valence-electron chi connectivity index (χ4n) is 2.45. The summed E-state index contributed by atoms with van der Waals surface area (Å²) in [6.07, 6.45) is 4.06. The quantitative estimate of drug-likeness (QED) is 0.858. The lowest BCUT2D eigenvalue weighted by molar-refractivity contribution is -0.137. The zero-order chi connectivity index (χ0) is 13.5. The van der Waals surface area contributed by atoms with Crippen molar-refractivity contribution >= 4 is 5.97 Å². The minimum absolute atomic E-state index is 0.0781. The van der Waals surface area contributed by atoms with Gasteiger partial charge in [-0.15, -0.1) is 0 Å². The molecule has 4 heteroatoms. The Hall–Kier alpha value is -1.58. The van der Waals surface area contributed by atoms with Crippen molar-refractivity contribution < 1.29 is 19.0 Å². The molecule has 3 nitrogen and oxygen atoms in total. The number of hydrogen-bond acceptors (Lipinski definition) is 2. The third kappa shape index (κ3) is 2.72. The van der Waals surface area contributed by atoms with Gasteiger partial charge in [-0.1, -0.05) is 6.07 Å². The van der Waals surface area contributed by atoms with E-state index in [1.807, 2.05) is 0 Å². The molecule has 2 aliphatic carbocycles. The smallest absolute Gasteiger partial charge is 0.304 e. The molecule has 102 valence electrons. The van der Waals surface area contributed by atoms with E-state index in [4.69, 9.17) is 9.84 Å². The van der Waals surface area contributed by atoms with Crippen LogP contribution in [-0.4, -0.2) is 17.7 Å². The second-order valence-corrected chi connectivity index (χ2v) is 5.75. The first-order valence-corrected chi connectivity index (χ1v) is 6.74. The molecule has 1 N–H and O–H groups in total. The molecule has 0 radical (unpaired) electrons. The maximum atomic E-state index is 13.9. The molecular formula is C15H17FO3. The van der Waals surface area contributed by atoms with Gasteiger partial charge in [-0.3, -0.25) is 4.79 Å². The van der Waals surface area contributed by atoms with E-state index < -0.39 is 5.97 Å². The van der Waals surface area contributed by atoms with Gasteiger partial charge in [-0.2, -0.15) is 0 Å². The van der Waals surface area contributed by atoms with Crippen LogP contribution in [0.25, 0.3) is 0 Å². The standard InChI is InChI=1S/C15H17FO3/c16-12-7-11(15(5-6-15)8-14(17)18)3-4-13(12)19-9-10-1-2-10/h3-4,7,10H,1-2,5-6,8-9H2,(H,17,18). The van der Waals surface area contributed by atoms with Crippen LogP contribution in [0, 0.1) is 11.7 Å². The van der Waals surface area contributed by atoms with Crippen molar-refractivity contribution in [1.82, 2.24) is 0 Å². The number of carboxylic acids is 1. The lowest BCUT2D eigenvalue weighted by Gasteiger charge is -2.14. The maximum Gasteiger partial charge on any atom is 0.304 e. The number of carbonyl (C=O) groups is 1. The minimum atomic E-state index is -0.827. The summed E-state index contributed by atoms with van der Waals surface area (Å²) in [7, 11) is 0. The summed E-state index contributed by atoms with van der Waals surface area (Å²) in [4.78, 5) is 10.8. The van der Waals surface area contributed by atoms with Crippen molar-refractivity contribution in [1.29, 1.82) is 0 Å². The molecule has 1 aromatic carbocycles. The number of carboxylic acid groups (broad SMARTS) is 1. The van der Waals surface area contributed by atoms with Crippen molar-refractivity contribution in [3.63, 3.8) is 0 Å². The van der Waals surface area contributed by atoms with Crippen molar-refractivity contribution in [2.24, 2.45) is 5.92 Å². The molecule has 0 heterocycles. The molecule has 2 aliphatic rings. The fourth-order valence-corrected chi connectivity index (χ4v) is 2.45. The normalized spacial score (nSPS) is 20.1. The summed E-state index contributed by atoms with van der Waals surface area (Å²) in [5.74, 6) is -0.343. The average Bonchev–Trinajstić information content (AvgIpc) is 3.21. The van der Waals surface area contributed by atoms with Gasteiger partial charge in [0.05, 0.1) is 13.0 Å². The summed E-state index contributed by atoms with van der Waals surface area (Å²) in [5.41, 5.74) is 0.438. The highest BCUT2D eigenvalue weighted by molar-refractivity contribution is 5.70. The Morgan fingerprint density at radius 2 is 2.16 bits per heavy atom. The van der Waals surface area contributed by atoms with Crippen LogP contribution in [0.1, 0.15) is 37.7 Å². The van der Waals surface area contributed by atoms with Gasteiger partial charge in [0.1, 0.15) is 0 Å². The Kier molecular flexibility index (Phi) is 2.96. The van der Waals surface area contributed by atoms with Crippen LogP contribution < -0.4 is 4.74 Å². The Morgan fingerprint density at radius 3 is 2.68 bits per heavy atom. The van der Waals surface area contributed by atoms with E-state index >= 15 is 0 Å². The van der Waals surface area contributed by atoms with Crippen LogP contribution in [0.3, 0.4) is 0 Å². The number of ether oxygens (including phenoxy) is 1. The van der Waals surface area contributed by atoms with Crippen molar-refractivity contribution in [3.8, 4) is 5.75 Å². The molecule has 0 spiro atoms. The highest BCUT2D eigenvalue weighted by Crippen LogP contribution is 2.51. The first kappa shape index (κ1) is 12.5. The topological polar surface area (TPSA) is 46.5 Å². The molecule has 0 aliphatic heterocycles. The Balaban J connectivity index is 1.73. The number of aliphatic carboxylic acids is 1. The molecule has 0 unspecified atom stereocenters. The zero-order valence-electron chi connectivity index (χ0n) is 10.7. The predicted octanol–water partition coefficient (Wildman–Crippen LogP) is 3.12. The molecule has 0 amide bonds. The summed E-state index contributed by atoms with van der Waals surface area (Å²) in [5, 5.41) is 8.91. The van der Waals surface area contributed by atoms with Gasteiger partial charge in [0.25, 0.3) is 0 Å². The highest BCUT2D eigenvalue weighted by atomic mass is 19.1. The molecule has 2 fully saturated rings. The zero-order valence-corrected chi connectivity index (χ0v) is 10.7. The molecule has 2 saturated carbocycles. The van der Waals surface area contributed by atoms with E-state index in [2.05, 4.69) is 0 Å². The molecule has 0 atom stereocenters. The maximum absolute atomic E-state index is 13.9. The Bertz CT molecular complexity index is 504. The van der Waals surface area contributed by atoms with Gasteiger partial charge >= 0.3 is 5.97 Å². The van der Waals surface area contributed by atoms with Gasteiger partial charge in [0.15, 0.2) is 11.6 Å². The summed E-state index contributed by atoms with van der Waals surface area (Å²) in [6.45, 7) is 0.580. The third-order valence-corrected chi connectivity index (χ3v) is 4.06. The summed E-state index contributed by atoms with van der Waals surface area (Å²) in [6, 6.07) is 4.88. The lowest BCUT2D eigenvalue weighted by atomic mass is 9.92. The summed E-state index contributed by atoms with van der Waals surface area (Å²) >= 11 is 0. The number of hydrogen-bond donors (Lipinski definition) is 1. The SMILES string of the molecule is O=C(O)CC1(c2ccc(OCC3CC3)c(F)c2)CC1. The van der Waals surface area contributed by atoms with Crippen molar-refractivity contribution in [3.05, 3.63) is 29.6 Å². The predicted molar refractivity (Wildman–Crippen MR) is 67.8 cm³/mol. The van der Waals surface area contributed by atoms with Gasteiger partial charge < -0.3 is 9.84 Å². The largest absolute Gasteiger partial charge is 0.490 e. The van der Waals surface area contributed by atoms with Crippen LogP contribution >= 0.6 is 0 Å². The Morgan fingerprint density at radius 1 is 1.42 bits per heavy atom. The van der Waals surface area contributed by atoms with Crippen molar-refractivity contribution in [2.45, 2.75) is 37.5 Å². The lowest BCUT2D eigenvalue weighted by Crippen LogP contribution is -2.13. The first-order valence-electron chi connectivity index (χ1n) is 6.74. The number of rotatable bonds is 6. The van der Waals surface area contributed by atoms with Gasteiger partial charge in [0, 0.05) is 5.41 Å². The highest BCUT2D eigenvalue weighted by Gasteiger charge is 2.46. The van der Waals surface area contributed by atoms with Crippen LogP contribution in [0.5, 0.6) is 5.75 Å². The Labute approximate surface area is 111 Å². The van der Waals surface area contributed by atoms with Crippen LogP contribution in [0.4, 0.5) is 4.39 Å². The van der Waals surface area contributed by atoms with E-state index in [1.165, 1.54) is 18.9 Å². The van der Waals surface area contributed by atoms with Crippen molar-refractivity contribution in [2.75, 3.05) is 6.61 Å². The molecule has 19 heavy (non-hydrogen) atoms. The van der Waals surface area contributed by atoms with Crippen LogP contribution in [0.2, 0.25) is 0 Å². The number of halogens is 1. The second kappa shape index (κ2) is 4.51. The second-order valence-electron chi connectivity index (χ2n) is 5.75. The van der Waals surface area contributed by atoms with E-state index in [1.54, 1.807) is 12.1 Å². The molecule has 0 bridgehead atoms. The monoisotopic (exact) mass is 264 g/mol. The van der Waals surface area contributed by atoms with Gasteiger partial charge in [-0.05, 0) is 49.3 Å². The van der Waals surface area contributed by atoms with Gasteiger partial charge in [-0.25, -0.2) is 4.39 Å². The number of benzene rings is 1. The first-order chi connectivity index (χ1) is 9.09. The molecule has 1 aromatic rings. The van der Waals surface area contributed by atoms with E-state index in [9.17, 15) is 9.18 Å². The fraction of sp³-hybridized carbons (Fsp3) is 0.533. The van der Waals surface area contributed by atoms with E-state index in [-0.39, 0.29) is 23.4 Å². The molecule has 3 rings (SSSR count). The molecule has 0 saturated heterocycles. The molecular weight excluding hydrogens is 247 g/mol. The van der Waals surface area contributed by atoms with E-state index in [0.717, 1.165) is 18.4 Å². The minimum Gasteiger partial charge on any atom is -0.490 e. The van der Waals surface area contributed by atoms with E-state index in [0.29, 0.717) is 12.5 Å². The molecule has 0 aromatic heterocycles. The third-order valence-electron chi connectivity index (χ3n) is 4.06. The van der Waals surface area contributed by atoms with Crippen LogP contribution in [0.15, 0.2) is 18.2 Å². The van der Waals surface area contributed by atoms with Gasteiger partial charge in [0.2, 0.25) is 0 Å². The van der Waals surface area contributed by atoms with Crippen LogP contribution in [-0.2, 0) is 10.2 Å². The summed E-state index contributed by atoms with van der Waals surface area (Å²) < 4.78 is 19.4.